The normalized spacial score (nSPS) is 16.1. The third kappa shape index (κ3) is 7.17. The summed E-state index contributed by atoms with van der Waals surface area (Å²) in [7, 11) is 1.59. The average Bonchev–Trinajstić information content (AvgIpc) is 3.49. The minimum atomic E-state index is -0.184. The van der Waals surface area contributed by atoms with Gasteiger partial charge in [0.15, 0.2) is 0 Å². The monoisotopic (exact) mass is 456 g/mol. The van der Waals surface area contributed by atoms with Gasteiger partial charge in [0, 0.05) is 32.4 Å². The second-order valence-corrected chi connectivity index (χ2v) is 9.54. The first-order valence-corrected chi connectivity index (χ1v) is 11.6. The quantitative estimate of drug-likeness (QED) is 0.543. The van der Waals surface area contributed by atoms with E-state index >= 15 is 0 Å². The fraction of sp³-hybridized carbons (Fsp3) is 0.538. The highest BCUT2D eigenvalue weighted by molar-refractivity contribution is 5.96. The molecule has 0 N–H and O–H groups in total. The van der Waals surface area contributed by atoms with Gasteiger partial charge in [0.2, 0.25) is 5.91 Å². The molecule has 1 aromatic carbocycles. The number of hydrogen-bond donors (Lipinski definition) is 0. The molecule has 1 fully saturated rings. The Bertz CT molecular complexity index is 880. The van der Waals surface area contributed by atoms with E-state index in [9.17, 15) is 9.59 Å². The zero-order valence-corrected chi connectivity index (χ0v) is 20.2. The Labute approximate surface area is 196 Å². The Balaban J connectivity index is 1.74. The van der Waals surface area contributed by atoms with E-state index in [1.54, 1.807) is 29.2 Å². The third-order valence-electron chi connectivity index (χ3n) is 5.90. The van der Waals surface area contributed by atoms with Crippen LogP contribution < -0.4 is 0 Å². The van der Waals surface area contributed by atoms with Crippen LogP contribution in [0.5, 0.6) is 0 Å². The molecule has 3 rings (SSSR count). The predicted octanol–water partition coefficient (Wildman–Crippen LogP) is 3.87. The standard InChI is InChI=1S/C26H36N2O5/c1-26(2,3)21-11-9-20(10-12-21)25(30)27(13-16-31-4)19-24(29)28(17-22-7-5-14-32-22)18-23-8-6-15-33-23/h5,7,9-12,14,23H,6,8,13,15-19H2,1-4H3. The number of nitrogens with zero attached hydrogens (tertiary/aromatic N) is 2. The third-order valence-corrected chi connectivity index (χ3v) is 5.90. The predicted molar refractivity (Wildman–Crippen MR) is 126 cm³/mol. The smallest absolute Gasteiger partial charge is 0.254 e. The lowest BCUT2D eigenvalue weighted by Gasteiger charge is -2.29. The van der Waals surface area contributed by atoms with Gasteiger partial charge < -0.3 is 23.7 Å². The molecule has 2 amide bonds. The molecule has 1 aliphatic rings. The Morgan fingerprint density at radius 2 is 1.88 bits per heavy atom. The maximum atomic E-state index is 13.3. The maximum Gasteiger partial charge on any atom is 0.254 e. The largest absolute Gasteiger partial charge is 0.467 e. The minimum Gasteiger partial charge on any atom is -0.467 e. The van der Waals surface area contributed by atoms with Gasteiger partial charge in [-0.3, -0.25) is 9.59 Å². The molecule has 7 nitrogen and oxygen atoms in total. The number of carbonyl (C=O) groups excluding carboxylic acids is 2. The Kier molecular flexibility index (Phi) is 8.69. The molecule has 1 aromatic heterocycles. The van der Waals surface area contributed by atoms with Crippen molar-refractivity contribution < 1.29 is 23.5 Å². The van der Waals surface area contributed by atoms with E-state index in [-0.39, 0.29) is 29.9 Å². The molecule has 1 atom stereocenters. The van der Waals surface area contributed by atoms with E-state index in [0.717, 1.165) is 25.0 Å². The summed E-state index contributed by atoms with van der Waals surface area (Å²) >= 11 is 0. The van der Waals surface area contributed by atoms with Crippen molar-refractivity contribution in [2.45, 2.75) is 51.7 Å². The van der Waals surface area contributed by atoms with Gasteiger partial charge in [0.25, 0.3) is 5.91 Å². The van der Waals surface area contributed by atoms with Crippen molar-refractivity contribution in [2.24, 2.45) is 0 Å². The number of furan rings is 1. The molecular weight excluding hydrogens is 420 g/mol. The molecular formula is C26H36N2O5. The molecule has 2 heterocycles. The van der Waals surface area contributed by atoms with Gasteiger partial charge in [0.1, 0.15) is 12.3 Å². The first-order chi connectivity index (χ1) is 15.8. The molecule has 1 aliphatic heterocycles. The molecule has 0 aliphatic carbocycles. The number of hydrogen-bond acceptors (Lipinski definition) is 5. The summed E-state index contributed by atoms with van der Waals surface area (Å²) in [5.41, 5.74) is 1.71. The summed E-state index contributed by atoms with van der Waals surface area (Å²) in [5.74, 6) is 0.377. The van der Waals surface area contributed by atoms with Gasteiger partial charge >= 0.3 is 0 Å². The summed E-state index contributed by atoms with van der Waals surface area (Å²) in [4.78, 5) is 29.9. The summed E-state index contributed by atoms with van der Waals surface area (Å²) < 4.78 is 16.4. The van der Waals surface area contributed by atoms with E-state index in [4.69, 9.17) is 13.9 Å². The van der Waals surface area contributed by atoms with Crippen LogP contribution in [0.2, 0.25) is 0 Å². The Morgan fingerprint density at radius 1 is 1.12 bits per heavy atom. The molecule has 0 bridgehead atoms. The van der Waals surface area contributed by atoms with E-state index < -0.39 is 0 Å². The number of carbonyl (C=O) groups is 2. The molecule has 0 saturated carbocycles. The lowest BCUT2D eigenvalue weighted by molar-refractivity contribution is -0.134. The van der Waals surface area contributed by atoms with Gasteiger partial charge in [-0.1, -0.05) is 32.9 Å². The van der Waals surface area contributed by atoms with Gasteiger partial charge in [-0.2, -0.15) is 0 Å². The highest BCUT2D eigenvalue weighted by atomic mass is 16.5. The topological polar surface area (TPSA) is 72.2 Å². The number of benzene rings is 1. The number of amides is 2. The Morgan fingerprint density at radius 3 is 2.45 bits per heavy atom. The van der Waals surface area contributed by atoms with Crippen LogP contribution in [0.15, 0.2) is 47.1 Å². The molecule has 1 saturated heterocycles. The van der Waals surface area contributed by atoms with Crippen LogP contribution in [0.1, 0.15) is 55.3 Å². The van der Waals surface area contributed by atoms with Gasteiger partial charge in [-0.15, -0.1) is 0 Å². The molecule has 33 heavy (non-hydrogen) atoms. The van der Waals surface area contributed by atoms with E-state index in [2.05, 4.69) is 20.8 Å². The van der Waals surface area contributed by atoms with Crippen LogP contribution in [0.3, 0.4) is 0 Å². The maximum absolute atomic E-state index is 13.3. The summed E-state index contributed by atoms with van der Waals surface area (Å²) in [6, 6.07) is 11.3. The highest BCUT2D eigenvalue weighted by Crippen LogP contribution is 2.23. The first-order valence-electron chi connectivity index (χ1n) is 11.6. The summed E-state index contributed by atoms with van der Waals surface area (Å²) in [5, 5.41) is 0. The fourth-order valence-electron chi connectivity index (χ4n) is 3.89. The lowest BCUT2D eigenvalue weighted by Crippen LogP contribution is -2.45. The second-order valence-electron chi connectivity index (χ2n) is 9.54. The minimum absolute atomic E-state index is 0.00193. The van der Waals surface area contributed by atoms with Gasteiger partial charge in [0.05, 0.1) is 25.5 Å². The van der Waals surface area contributed by atoms with Crippen LogP contribution in [-0.2, 0) is 26.2 Å². The average molecular weight is 457 g/mol. The van der Waals surface area contributed by atoms with Crippen molar-refractivity contribution in [2.75, 3.05) is 40.0 Å². The molecule has 180 valence electrons. The summed E-state index contributed by atoms with van der Waals surface area (Å²) in [6.45, 7) is 8.59. The first kappa shape index (κ1) is 25.0. The van der Waals surface area contributed by atoms with Crippen molar-refractivity contribution in [1.29, 1.82) is 0 Å². The number of ether oxygens (including phenoxy) is 2. The van der Waals surface area contributed by atoms with Crippen LogP contribution in [-0.4, -0.2) is 67.7 Å². The highest BCUT2D eigenvalue weighted by Gasteiger charge is 2.27. The summed E-state index contributed by atoms with van der Waals surface area (Å²) in [6.07, 6.45) is 3.53. The van der Waals surface area contributed by atoms with E-state index in [0.29, 0.717) is 37.6 Å². The Hall–Kier alpha value is -2.64. The van der Waals surface area contributed by atoms with Crippen molar-refractivity contribution in [3.63, 3.8) is 0 Å². The zero-order valence-electron chi connectivity index (χ0n) is 20.2. The van der Waals surface area contributed by atoms with Crippen LogP contribution in [0, 0.1) is 0 Å². The van der Waals surface area contributed by atoms with Crippen LogP contribution in [0.25, 0.3) is 0 Å². The van der Waals surface area contributed by atoms with Crippen molar-refractivity contribution in [3.05, 3.63) is 59.5 Å². The SMILES string of the molecule is COCCN(CC(=O)N(Cc1ccco1)CC1CCCO1)C(=O)c1ccc(C(C)(C)C)cc1. The van der Waals surface area contributed by atoms with Gasteiger partial charge in [-0.25, -0.2) is 0 Å². The van der Waals surface area contributed by atoms with Crippen LogP contribution in [0.4, 0.5) is 0 Å². The number of methoxy groups -OCH3 is 1. The molecule has 0 spiro atoms. The van der Waals surface area contributed by atoms with Crippen molar-refractivity contribution >= 4 is 11.8 Å². The van der Waals surface area contributed by atoms with Crippen molar-refractivity contribution in [3.8, 4) is 0 Å². The van der Waals surface area contributed by atoms with E-state index in [1.165, 1.54) is 0 Å². The zero-order chi connectivity index (χ0) is 23.8. The van der Waals surface area contributed by atoms with Crippen molar-refractivity contribution in [1.82, 2.24) is 9.80 Å². The fourth-order valence-corrected chi connectivity index (χ4v) is 3.89. The molecule has 2 aromatic rings. The molecule has 1 unspecified atom stereocenters. The molecule has 7 heteroatoms. The molecule has 0 radical (unpaired) electrons. The van der Waals surface area contributed by atoms with E-state index in [1.807, 2.05) is 30.3 Å². The van der Waals surface area contributed by atoms with Crippen LogP contribution >= 0.6 is 0 Å². The van der Waals surface area contributed by atoms with Gasteiger partial charge in [-0.05, 0) is 48.1 Å². The lowest BCUT2D eigenvalue weighted by atomic mass is 9.86. The number of rotatable bonds is 10. The second kappa shape index (κ2) is 11.5.